The fraction of sp³-hybridized carbons (Fsp3) is 0.154. The van der Waals surface area contributed by atoms with Gasteiger partial charge in [0, 0.05) is 17.0 Å². The van der Waals surface area contributed by atoms with Crippen LogP contribution in [0.25, 0.3) is 6.08 Å². The molecule has 0 fully saturated rings. The van der Waals surface area contributed by atoms with Gasteiger partial charge in [0.05, 0.1) is 29.3 Å². The Balaban J connectivity index is 1.55. The molecule has 8 heteroatoms. The highest BCUT2D eigenvalue weighted by atomic mass is 79.9. The quantitative estimate of drug-likeness (QED) is 0.415. The number of anilines is 1. The van der Waals surface area contributed by atoms with Gasteiger partial charge < -0.3 is 14.8 Å². The van der Waals surface area contributed by atoms with E-state index in [9.17, 15) is 9.59 Å². The van der Waals surface area contributed by atoms with Crippen molar-refractivity contribution in [3.05, 3.63) is 87.2 Å². The number of hydrogen-bond donors (Lipinski definition) is 1. The number of para-hydroxylation sites is 2. The second-order valence-electron chi connectivity index (χ2n) is 7.45. The Labute approximate surface area is 211 Å². The first-order valence-electron chi connectivity index (χ1n) is 10.5. The summed E-state index contributed by atoms with van der Waals surface area (Å²) in [4.78, 5) is 29.2. The van der Waals surface area contributed by atoms with Crippen molar-refractivity contribution in [2.45, 2.75) is 11.4 Å². The predicted octanol–water partition coefficient (Wildman–Crippen LogP) is 5.26. The van der Waals surface area contributed by atoms with E-state index >= 15 is 0 Å². The van der Waals surface area contributed by atoms with E-state index in [1.54, 1.807) is 14.2 Å². The molecule has 0 aliphatic carbocycles. The third-order valence-corrected chi connectivity index (χ3v) is 6.97. The molecule has 0 bridgehead atoms. The molecule has 34 heavy (non-hydrogen) atoms. The van der Waals surface area contributed by atoms with E-state index in [2.05, 4.69) is 21.2 Å². The second-order valence-corrected chi connectivity index (χ2v) is 9.39. The third kappa shape index (κ3) is 5.29. The fourth-order valence-electron chi connectivity index (χ4n) is 3.59. The summed E-state index contributed by atoms with van der Waals surface area (Å²) in [5.41, 5.74) is 2.44. The Hall–Kier alpha value is -3.23. The first kappa shape index (κ1) is 23.9. The number of nitrogens with one attached hydrogen (secondary N) is 1. The van der Waals surface area contributed by atoms with Crippen LogP contribution in [0.4, 0.5) is 5.69 Å². The van der Waals surface area contributed by atoms with Crippen LogP contribution < -0.4 is 19.7 Å². The summed E-state index contributed by atoms with van der Waals surface area (Å²) < 4.78 is 11.4. The highest BCUT2D eigenvalue weighted by Gasteiger charge is 2.30. The minimum Gasteiger partial charge on any atom is -0.496 e. The van der Waals surface area contributed by atoms with Crippen LogP contribution in [-0.2, 0) is 16.1 Å². The molecule has 0 unspecified atom stereocenters. The molecule has 0 spiro atoms. The van der Waals surface area contributed by atoms with Gasteiger partial charge in [-0.1, -0.05) is 48.2 Å². The molecular formula is C26H23BrN2O4S. The van der Waals surface area contributed by atoms with Crippen molar-refractivity contribution in [1.82, 2.24) is 5.32 Å². The third-order valence-electron chi connectivity index (χ3n) is 5.28. The van der Waals surface area contributed by atoms with Crippen LogP contribution >= 0.6 is 27.7 Å². The zero-order valence-corrected chi connectivity index (χ0v) is 21.1. The number of halogens is 1. The average molecular weight is 539 g/mol. The number of carbonyl (C=O) groups is 2. The Morgan fingerprint density at radius 2 is 1.76 bits per heavy atom. The maximum atomic E-state index is 13.4. The summed E-state index contributed by atoms with van der Waals surface area (Å²) in [6, 6.07) is 20.7. The maximum Gasteiger partial charge on any atom is 0.265 e. The van der Waals surface area contributed by atoms with E-state index in [1.807, 2.05) is 72.8 Å². The van der Waals surface area contributed by atoms with Gasteiger partial charge in [0.1, 0.15) is 18.0 Å². The average Bonchev–Trinajstić information content (AvgIpc) is 2.85. The summed E-state index contributed by atoms with van der Waals surface area (Å²) >= 11 is 4.88. The van der Waals surface area contributed by atoms with E-state index in [1.165, 1.54) is 16.7 Å². The largest absolute Gasteiger partial charge is 0.496 e. The van der Waals surface area contributed by atoms with E-state index in [0.717, 1.165) is 26.2 Å². The molecule has 3 aromatic carbocycles. The smallest absolute Gasteiger partial charge is 0.265 e. The second kappa shape index (κ2) is 10.8. The highest BCUT2D eigenvalue weighted by molar-refractivity contribution is 9.10. The molecule has 1 aliphatic heterocycles. The number of nitrogens with zero attached hydrogens (tertiary/aromatic N) is 1. The van der Waals surface area contributed by atoms with Crippen LogP contribution in [0.5, 0.6) is 11.5 Å². The molecule has 0 atom stereocenters. The van der Waals surface area contributed by atoms with Gasteiger partial charge in [-0.3, -0.25) is 14.5 Å². The number of ether oxygens (including phenoxy) is 2. The van der Waals surface area contributed by atoms with Crippen LogP contribution in [-0.4, -0.2) is 32.6 Å². The first-order chi connectivity index (χ1) is 16.5. The number of rotatable bonds is 7. The molecule has 0 radical (unpaired) electrons. The number of hydrogen-bond acceptors (Lipinski definition) is 5. The Bertz CT molecular complexity index is 1260. The van der Waals surface area contributed by atoms with Gasteiger partial charge in [0.25, 0.3) is 5.91 Å². The summed E-state index contributed by atoms with van der Waals surface area (Å²) in [6.07, 6.45) is 1.83. The number of amides is 2. The van der Waals surface area contributed by atoms with Crippen molar-refractivity contribution >= 4 is 51.3 Å². The summed E-state index contributed by atoms with van der Waals surface area (Å²) in [7, 11) is 3.20. The molecular weight excluding hydrogens is 516 g/mol. The van der Waals surface area contributed by atoms with Gasteiger partial charge in [0.2, 0.25) is 5.91 Å². The zero-order chi connectivity index (χ0) is 24.1. The van der Waals surface area contributed by atoms with Crippen LogP contribution in [0.2, 0.25) is 0 Å². The Kier molecular flexibility index (Phi) is 7.59. The number of methoxy groups -OCH3 is 2. The van der Waals surface area contributed by atoms with Gasteiger partial charge in [-0.2, -0.15) is 0 Å². The molecule has 174 valence electrons. The lowest BCUT2D eigenvalue weighted by Crippen LogP contribution is -2.42. The normalized spacial score (nSPS) is 14.0. The molecule has 1 N–H and O–H groups in total. The van der Waals surface area contributed by atoms with E-state index < -0.39 is 0 Å². The van der Waals surface area contributed by atoms with Gasteiger partial charge in [-0.25, -0.2) is 0 Å². The molecule has 2 amide bonds. The minimum absolute atomic E-state index is 0.0881. The molecule has 1 heterocycles. The lowest BCUT2D eigenvalue weighted by atomic mass is 10.2. The Morgan fingerprint density at radius 1 is 1.03 bits per heavy atom. The van der Waals surface area contributed by atoms with Crippen LogP contribution in [0.15, 0.2) is 81.0 Å². The van der Waals surface area contributed by atoms with Gasteiger partial charge in [-0.05, 0) is 57.9 Å². The van der Waals surface area contributed by atoms with Crippen molar-refractivity contribution in [2.24, 2.45) is 0 Å². The van der Waals surface area contributed by atoms with Crippen LogP contribution in [0, 0.1) is 0 Å². The molecule has 3 aromatic rings. The number of carbonyl (C=O) groups excluding carboxylic acids is 2. The summed E-state index contributed by atoms with van der Waals surface area (Å²) in [5, 5.41) is 2.90. The van der Waals surface area contributed by atoms with Crippen LogP contribution in [0.1, 0.15) is 11.1 Å². The first-order valence-corrected chi connectivity index (χ1v) is 12.1. The molecule has 0 saturated carbocycles. The van der Waals surface area contributed by atoms with Crippen molar-refractivity contribution in [3.63, 3.8) is 0 Å². The number of fused-ring (bicyclic) bond motifs is 1. The van der Waals surface area contributed by atoms with Crippen LogP contribution in [0.3, 0.4) is 0 Å². The van der Waals surface area contributed by atoms with Gasteiger partial charge >= 0.3 is 0 Å². The molecule has 0 saturated heterocycles. The van der Waals surface area contributed by atoms with Crippen molar-refractivity contribution in [2.75, 3.05) is 25.7 Å². The van der Waals surface area contributed by atoms with Crippen molar-refractivity contribution < 1.29 is 19.1 Å². The minimum atomic E-state index is -0.257. The van der Waals surface area contributed by atoms with Gasteiger partial charge in [0.15, 0.2) is 0 Å². The zero-order valence-electron chi connectivity index (χ0n) is 18.7. The SMILES string of the molecule is COc1ccc(/C=C2/Sc3ccccc3N(CC(=O)NCc3ccccc3OC)C2=O)cc1Br. The van der Waals surface area contributed by atoms with Crippen molar-refractivity contribution in [3.8, 4) is 11.5 Å². The number of benzene rings is 3. The summed E-state index contributed by atoms with van der Waals surface area (Å²) in [5.74, 6) is 0.938. The lowest BCUT2D eigenvalue weighted by molar-refractivity contribution is -0.122. The Morgan fingerprint density at radius 3 is 2.53 bits per heavy atom. The summed E-state index contributed by atoms with van der Waals surface area (Å²) in [6.45, 7) is 0.221. The fourth-order valence-corrected chi connectivity index (χ4v) is 5.20. The standard InChI is InChI=1S/C26H23BrN2O4S/c1-32-21-9-5-3-7-18(21)15-28-25(30)16-29-20-8-4-6-10-23(20)34-24(26(29)31)14-17-11-12-22(33-2)19(27)13-17/h3-14H,15-16H2,1-2H3,(H,28,30)/b24-14+. The topological polar surface area (TPSA) is 67.9 Å². The number of thioether (sulfide) groups is 1. The highest BCUT2D eigenvalue weighted by Crippen LogP contribution is 2.42. The maximum absolute atomic E-state index is 13.4. The van der Waals surface area contributed by atoms with Crippen molar-refractivity contribution in [1.29, 1.82) is 0 Å². The molecule has 4 rings (SSSR count). The molecule has 1 aliphatic rings. The lowest BCUT2D eigenvalue weighted by Gasteiger charge is -2.29. The van der Waals surface area contributed by atoms with E-state index in [-0.39, 0.29) is 18.4 Å². The van der Waals surface area contributed by atoms with Gasteiger partial charge in [-0.15, -0.1) is 0 Å². The monoisotopic (exact) mass is 538 g/mol. The van der Waals surface area contributed by atoms with E-state index in [0.29, 0.717) is 22.9 Å². The molecule has 6 nitrogen and oxygen atoms in total. The van der Waals surface area contributed by atoms with E-state index in [4.69, 9.17) is 9.47 Å². The molecule has 0 aromatic heterocycles. The predicted molar refractivity (Wildman–Crippen MR) is 138 cm³/mol.